The van der Waals surface area contributed by atoms with E-state index in [1.807, 2.05) is 0 Å². The Kier molecular flexibility index (Phi) is 3.02. The highest BCUT2D eigenvalue weighted by atomic mass is 16.6. The van der Waals surface area contributed by atoms with Gasteiger partial charge in [0.2, 0.25) is 6.08 Å². The summed E-state index contributed by atoms with van der Waals surface area (Å²) in [5.74, 6) is 0.590. The van der Waals surface area contributed by atoms with Crippen LogP contribution in [-0.4, -0.2) is 21.0 Å². The Morgan fingerprint density at radius 2 is 1.95 bits per heavy atom. The Labute approximate surface area is 118 Å². The molecule has 7 nitrogen and oxygen atoms in total. The number of nitrogens with one attached hydrogen (secondary N) is 1. The van der Waals surface area contributed by atoms with Gasteiger partial charge >= 0.3 is 0 Å². The number of aromatic amines is 1. The van der Waals surface area contributed by atoms with E-state index < -0.39 is 4.92 Å². The van der Waals surface area contributed by atoms with Crippen LogP contribution in [0.25, 0.3) is 22.4 Å². The third-order valence-electron chi connectivity index (χ3n) is 2.99. The number of benzene rings is 2. The first-order valence-electron chi connectivity index (χ1n) is 6.00. The van der Waals surface area contributed by atoms with Crippen LogP contribution in [0.15, 0.2) is 47.5 Å². The largest absolute Gasteiger partial charge is 0.338 e. The van der Waals surface area contributed by atoms with Crippen LogP contribution >= 0.6 is 0 Å². The minimum Gasteiger partial charge on any atom is -0.338 e. The fourth-order valence-electron chi connectivity index (χ4n) is 1.99. The van der Waals surface area contributed by atoms with Gasteiger partial charge in [-0.25, -0.2) is 9.78 Å². The van der Waals surface area contributed by atoms with Crippen molar-refractivity contribution in [1.29, 1.82) is 0 Å². The number of imidazole rings is 1. The molecule has 1 N–H and O–H groups in total. The number of rotatable bonds is 3. The smallest absolute Gasteiger partial charge is 0.271 e. The van der Waals surface area contributed by atoms with Gasteiger partial charge in [-0.3, -0.25) is 10.1 Å². The molecule has 0 aliphatic carbocycles. The van der Waals surface area contributed by atoms with Crippen LogP contribution in [0.1, 0.15) is 0 Å². The van der Waals surface area contributed by atoms with Gasteiger partial charge in [0, 0.05) is 17.7 Å². The SMILES string of the molecule is O=C=Nc1ccc(-c2nc3ccc([N+](=O)[O-])cc3[nH]2)cc1. The molecule has 7 heteroatoms. The number of nitro groups is 1. The number of nitro benzene ring substituents is 1. The third-order valence-corrected chi connectivity index (χ3v) is 2.99. The molecule has 0 atom stereocenters. The summed E-state index contributed by atoms with van der Waals surface area (Å²) in [5, 5.41) is 10.7. The van der Waals surface area contributed by atoms with Gasteiger partial charge in [-0.1, -0.05) is 0 Å². The molecule has 0 amide bonds. The summed E-state index contributed by atoms with van der Waals surface area (Å²) >= 11 is 0. The van der Waals surface area contributed by atoms with Crippen molar-refractivity contribution in [3.8, 4) is 11.4 Å². The topological polar surface area (TPSA) is 101 Å². The number of hydrogen-bond donors (Lipinski definition) is 1. The quantitative estimate of drug-likeness (QED) is 0.344. The molecule has 2 aromatic carbocycles. The van der Waals surface area contributed by atoms with E-state index in [4.69, 9.17) is 0 Å². The van der Waals surface area contributed by atoms with E-state index in [2.05, 4.69) is 15.0 Å². The van der Waals surface area contributed by atoms with Crippen molar-refractivity contribution in [2.24, 2.45) is 4.99 Å². The molecule has 0 unspecified atom stereocenters. The summed E-state index contributed by atoms with van der Waals surface area (Å²) in [5.41, 5.74) is 2.53. The van der Waals surface area contributed by atoms with Crippen molar-refractivity contribution in [2.45, 2.75) is 0 Å². The predicted molar refractivity (Wildman–Crippen MR) is 76.0 cm³/mol. The molecule has 0 saturated heterocycles. The highest BCUT2D eigenvalue weighted by Crippen LogP contribution is 2.25. The van der Waals surface area contributed by atoms with Gasteiger partial charge in [-0.2, -0.15) is 4.99 Å². The lowest BCUT2D eigenvalue weighted by atomic mass is 10.2. The zero-order valence-electron chi connectivity index (χ0n) is 10.6. The molecule has 1 heterocycles. The number of carbonyl (C=O) groups excluding carboxylic acids is 1. The maximum atomic E-state index is 10.7. The summed E-state index contributed by atoms with van der Waals surface area (Å²) < 4.78 is 0. The van der Waals surface area contributed by atoms with Crippen molar-refractivity contribution in [3.63, 3.8) is 0 Å². The fourth-order valence-corrected chi connectivity index (χ4v) is 1.99. The van der Waals surface area contributed by atoms with Gasteiger partial charge in [-0.15, -0.1) is 0 Å². The molecule has 0 fully saturated rings. The van der Waals surface area contributed by atoms with Crippen LogP contribution in [0.5, 0.6) is 0 Å². The number of fused-ring (bicyclic) bond motifs is 1. The average molecular weight is 280 g/mol. The minimum atomic E-state index is -0.452. The molecule has 1 aromatic heterocycles. The number of nitrogens with zero attached hydrogens (tertiary/aromatic N) is 3. The highest BCUT2D eigenvalue weighted by molar-refractivity contribution is 5.81. The highest BCUT2D eigenvalue weighted by Gasteiger charge is 2.10. The molecular formula is C14H8N4O3. The molecule has 0 bridgehead atoms. The van der Waals surface area contributed by atoms with Gasteiger partial charge in [0.15, 0.2) is 0 Å². The second-order valence-electron chi connectivity index (χ2n) is 4.29. The number of non-ortho nitro benzene ring substituents is 1. The van der Waals surface area contributed by atoms with Crippen LogP contribution in [-0.2, 0) is 4.79 Å². The standard InChI is InChI=1S/C14H8N4O3/c19-8-15-10-3-1-9(2-4-10)14-16-12-6-5-11(18(20)21)7-13(12)17-14/h1-7H,(H,16,17). The van der Waals surface area contributed by atoms with E-state index in [0.29, 0.717) is 22.5 Å². The van der Waals surface area contributed by atoms with Crippen LogP contribution in [0.2, 0.25) is 0 Å². The van der Waals surface area contributed by atoms with E-state index in [1.165, 1.54) is 18.2 Å². The lowest BCUT2D eigenvalue weighted by molar-refractivity contribution is -0.384. The lowest BCUT2D eigenvalue weighted by Gasteiger charge is -1.96. The Hall–Kier alpha value is -3.31. The van der Waals surface area contributed by atoms with Gasteiger partial charge in [0.25, 0.3) is 5.69 Å². The number of isocyanates is 1. The molecule has 0 spiro atoms. The molecule has 3 rings (SSSR count). The Balaban J connectivity index is 2.04. The number of aromatic nitrogens is 2. The Morgan fingerprint density at radius 3 is 2.62 bits per heavy atom. The second kappa shape index (κ2) is 4.99. The monoisotopic (exact) mass is 280 g/mol. The minimum absolute atomic E-state index is 0.00775. The zero-order valence-corrected chi connectivity index (χ0v) is 10.6. The summed E-state index contributed by atoms with van der Waals surface area (Å²) in [7, 11) is 0. The lowest BCUT2D eigenvalue weighted by Crippen LogP contribution is -1.86. The van der Waals surface area contributed by atoms with E-state index in [0.717, 1.165) is 5.56 Å². The fraction of sp³-hybridized carbons (Fsp3) is 0. The predicted octanol–water partition coefficient (Wildman–Crippen LogP) is 3.11. The van der Waals surface area contributed by atoms with Crippen molar-refractivity contribution >= 4 is 28.5 Å². The van der Waals surface area contributed by atoms with E-state index in [9.17, 15) is 14.9 Å². The van der Waals surface area contributed by atoms with Crippen LogP contribution in [0.4, 0.5) is 11.4 Å². The van der Waals surface area contributed by atoms with Gasteiger partial charge in [-0.05, 0) is 30.3 Å². The van der Waals surface area contributed by atoms with Crippen molar-refractivity contribution < 1.29 is 9.72 Å². The van der Waals surface area contributed by atoms with Crippen LogP contribution in [0.3, 0.4) is 0 Å². The van der Waals surface area contributed by atoms with Gasteiger partial charge < -0.3 is 4.98 Å². The van der Waals surface area contributed by atoms with Crippen molar-refractivity contribution in [1.82, 2.24) is 9.97 Å². The van der Waals surface area contributed by atoms with Crippen molar-refractivity contribution in [2.75, 3.05) is 0 Å². The zero-order chi connectivity index (χ0) is 14.8. The molecule has 0 aliphatic heterocycles. The van der Waals surface area contributed by atoms with E-state index in [1.54, 1.807) is 30.3 Å². The van der Waals surface area contributed by atoms with E-state index in [-0.39, 0.29) is 5.69 Å². The summed E-state index contributed by atoms with van der Waals surface area (Å²) in [6.45, 7) is 0. The number of hydrogen-bond acceptors (Lipinski definition) is 5. The summed E-state index contributed by atoms with van der Waals surface area (Å²) in [6.07, 6.45) is 1.47. The van der Waals surface area contributed by atoms with Crippen molar-refractivity contribution in [3.05, 3.63) is 52.6 Å². The average Bonchev–Trinajstić information content (AvgIpc) is 2.91. The first-order valence-corrected chi connectivity index (χ1v) is 6.00. The third kappa shape index (κ3) is 2.41. The maximum absolute atomic E-state index is 10.7. The maximum Gasteiger partial charge on any atom is 0.271 e. The molecule has 21 heavy (non-hydrogen) atoms. The van der Waals surface area contributed by atoms with Gasteiger partial charge in [0.1, 0.15) is 5.82 Å². The molecule has 0 aliphatic rings. The summed E-state index contributed by atoms with van der Waals surface area (Å²) in [6, 6.07) is 11.3. The van der Waals surface area contributed by atoms with Crippen LogP contribution in [0, 0.1) is 10.1 Å². The van der Waals surface area contributed by atoms with Gasteiger partial charge in [0.05, 0.1) is 21.6 Å². The Morgan fingerprint density at radius 1 is 1.19 bits per heavy atom. The number of H-pyrrole nitrogens is 1. The molecule has 102 valence electrons. The first-order chi connectivity index (χ1) is 10.2. The second-order valence-corrected chi connectivity index (χ2v) is 4.29. The molecular weight excluding hydrogens is 272 g/mol. The molecule has 3 aromatic rings. The summed E-state index contributed by atoms with van der Waals surface area (Å²) in [4.78, 5) is 31.4. The van der Waals surface area contributed by atoms with E-state index >= 15 is 0 Å². The van der Waals surface area contributed by atoms with Crippen LogP contribution < -0.4 is 0 Å². The molecule has 0 radical (unpaired) electrons. The number of aliphatic imine (C=N–C) groups is 1. The molecule has 0 saturated carbocycles. The normalized spacial score (nSPS) is 10.3. The Bertz CT molecular complexity index is 877. The first kappa shape index (κ1) is 12.7.